The molecule has 0 unspecified atom stereocenters. The molecule has 1 amide bonds. The zero-order valence-electron chi connectivity index (χ0n) is 8.11. The minimum absolute atomic E-state index is 0.0608. The van der Waals surface area contributed by atoms with Crippen LogP contribution in [0.2, 0.25) is 0 Å². The predicted octanol–water partition coefficient (Wildman–Crippen LogP) is 1.51. The number of nitrogens with zero attached hydrogens (tertiary/aromatic N) is 1. The summed E-state index contributed by atoms with van der Waals surface area (Å²) in [6, 6.07) is 6.66. The first kappa shape index (κ1) is 9.74. The zero-order valence-corrected chi connectivity index (χ0v) is 8.11. The minimum atomic E-state index is 0.0608. The Morgan fingerprint density at radius 1 is 1.23 bits per heavy atom. The van der Waals surface area contributed by atoms with Gasteiger partial charge in [0.2, 0.25) is 0 Å². The highest BCUT2D eigenvalue weighted by Crippen LogP contribution is 2.21. The van der Waals surface area contributed by atoms with Crippen molar-refractivity contribution < 1.29 is 9.90 Å². The Bertz CT molecular complexity index is 314. The highest BCUT2D eigenvalue weighted by Gasteiger charge is 2.24. The van der Waals surface area contributed by atoms with Gasteiger partial charge in [0, 0.05) is 12.1 Å². The number of carbonyl (C=O) groups is 1. The molecular weight excluding hydrogens is 166 g/mol. The summed E-state index contributed by atoms with van der Waals surface area (Å²) < 4.78 is 0.195. The van der Waals surface area contributed by atoms with E-state index in [9.17, 15) is 4.79 Å². The highest BCUT2D eigenvalue weighted by atomic mass is 16.3. The van der Waals surface area contributed by atoms with Crippen LogP contribution in [0.15, 0.2) is 24.3 Å². The molecule has 0 bridgehead atoms. The SMILES string of the molecule is CC(=O)[N+](C)(C)c1ccc(O)cc1. The van der Waals surface area contributed by atoms with Crippen molar-refractivity contribution in [2.75, 3.05) is 14.1 Å². The molecule has 0 aliphatic rings. The van der Waals surface area contributed by atoms with Gasteiger partial charge in [-0.25, -0.2) is 9.28 Å². The molecule has 0 fully saturated rings. The number of aromatic hydroxyl groups is 1. The first-order chi connectivity index (χ1) is 5.94. The largest absolute Gasteiger partial charge is 0.508 e. The van der Waals surface area contributed by atoms with Gasteiger partial charge in [-0.2, -0.15) is 0 Å². The van der Waals surface area contributed by atoms with Crippen molar-refractivity contribution in [2.24, 2.45) is 0 Å². The van der Waals surface area contributed by atoms with Gasteiger partial charge in [-0.05, 0) is 12.1 Å². The Kier molecular flexibility index (Phi) is 2.38. The number of quaternary nitrogens is 1. The summed E-state index contributed by atoms with van der Waals surface area (Å²) in [7, 11) is 3.63. The van der Waals surface area contributed by atoms with Crippen LogP contribution in [0, 0.1) is 0 Å². The highest BCUT2D eigenvalue weighted by molar-refractivity contribution is 5.85. The van der Waals surface area contributed by atoms with E-state index in [2.05, 4.69) is 0 Å². The summed E-state index contributed by atoms with van der Waals surface area (Å²) in [6.45, 7) is 1.55. The topological polar surface area (TPSA) is 37.3 Å². The van der Waals surface area contributed by atoms with Gasteiger partial charge in [-0.1, -0.05) is 0 Å². The molecule has 3 nitrogen and oxygen atoms in total. The van der Waals surface area contributed by atoms with Crippen molar-refractivity contribution in [3.05, 3.63) is 24.3 Å². The van der Waals surface area contributed by atoms with Crippen LogP contribution in [-0.4, -0.2) is 25.1 Å². The maximum Gasteiger partial charge on any atom is 0.315 e. The number of carbonyl (C=O) groups excluding carboxylic acids is 1. The molecule has 0 saturated carbocycles. The molecule has 1 aromatic carbocycles. The predicted molar refractivity (Wildman–Crippen MR) is 52.4 cm³/mol. The third-order valence-corrected chi connectivity index (χ3v) is 2.28. The van der Waals surface area contributed by atoms with E-state index in [1.807, 2.05) is 14.1 Å². The number of hydrogen-bond donors (Lipinski definition) is 1. The van der Waals surface area contributed by atoms with Crippen molar-refractivity contribution >= 4 is 11.6 Å². The number of benzene rings is 1. The molecule has 0 heterocycles. The van der Waals surface area contributed by atoms with Gasteiger partial charge in [0.15, 0.2) is 0 Å². The van der Waals surface area contributed by atoms with Crippen LogP contribution < -0.4 is 4.48 Å². The lowest BCUT2D eigenvalue weighted by Gasteiger charge is -2.24. The van der Waals surface area contributed by atoms with Gasteiger partial charge in [-0.15, -0.1) is 0 Å². The van der Waals surface area contributed by atoms with E-state index >= 15 is 0 Å². The third kappa shape index (κ3) is 1.87. The lowest BCUT2D eigenvalue weighted by molar-refractivity contribution is -0.125. The average molecular weight is 180 g/mol. The standard InChI is InChI=1S/C10H13NO2/c1-8(12)11(2,3)9-4-6-10(13)7-5-9/h4-7H,1-3H3/p+1. The quantitative estimate of drug-likeness (QED) is 0.665. The van der Waals surface area contributed by atoms with Crippen LogP contribution in [0.5, 0.6) is 5.75 Å². The molecular formula is C10H14NO2+. The summed E-state index contributed by atoms with van der Waals surface area (Å²) in [4.78, 5) is 11.3. The van der Waals surface area contributed by atoms with Gasteiger partial charge in [0.25, 0.3) is 0 Å². The number of rotatable bonds is 1. The Balaban J connectivity index is 3.08. The summed E-state index contributed by atoms with van der Waals surface area (Å²) in [6.07, 6.45) is 0. The van der Waals surface area contributed by atoms with Gasteiger partial charge in [-0.3, -0.25) is 0 Å². The Morgan fingerprint density at radius 3 is 2.08 bits per heavy atom. The molecule has 0 aliphatic heterocycles. The van der Waals surface area contributed by atoms with E-state index in [0.29, 0.717) is 0 Å². The summed E-state index contributed by atoms with van der Waals surface area (Å²) in [5.41, 5.74) is 0.866. The van der Waals surface area contributed by atoms with Crippen LogP contribution in [0.25, 0.3) is 0 Å². The third-order valence-electron chi connectivity index (χ3n) is 2.28. The van der Waals surface area contributed by atoms with Gasteiger partial charge >= 0.3 is 5.91 Å². The molecule has 0 aliphatic carbocycles. The van der Waals surface area contributed by atoms with Gasteiger partial charge < -0.3 is 5.11 Å². The molecule has 1 aromatic rings. The van der Waals surface area contributed by atoms with Gasteiger partial charge in [0.1, 0.15) is 11.4 Å². The van der Waals surface area contributed by atoms with Crippen molar-refractivity contribution in [1.82, 2.24) is 4.48 Å². The molecule has 0 radical (unpaired) electrons. The molecule has 13 heavy (non-hydrogen) atoms. The molecule has 0 saturated heterocycles. The molecule has 0 spiro atoms. The fraction of sp³-hybridized carbons (Fsp3) is 0.300. The first-order valence-corrected chi connectivity index (χ1v) is 4.09. The fourth-order valence-electron chi connectivity index (χ4n) is 1.01. The number of amides is 1. The zero-order chi connectivity index (χ0) is 10.1. The molecule has 0 aromatic heterocycles. The van der Waals surface area contributed by atoms with E-state index < -0.39 is 0 Å². The second kappa shape index (κ2) is 3.18. The summed E-state index contributed by atoms with van der Waals surface area (Å²) >= 11 is 0. The van der Waals surface area contributed by atoms with Crippen LogP contribution in [0.1, 0.15) is 6.92 Å². The molecule has 1 N–H and O–H groups in total. The lowest BCUT2D eigenvalue weighted by Crippen LogP contribution is -2.44. The Labute approximate surface area is 77.8 Å². The summed E-state index contributed by atoms with van der Waals surface area (Å²) in [5, 5.41) is 9.07. The smallest absolute Gasteiger partial charge is 0.315 e. The minimum Gasteiger partial charge on any atom is -0.508 e. The normalized spacial score (nSPS) is 11.3. The summed E-state index contributed by atoms with van der Waals surface area (Å²) in [5.74, 6) is 0.276. The fourth-order valence-corrected chi connectivity index (χ4v) is 1.01. The van der Waals surface area contributed by atoms with Gasteiger partial charge in [0.05, 0.1) is 21.0 Å². The van der Waals surface area contributed by atoms with Crippen molar-refractivity contribution in [2.45, 2.75) is 6.92 Å². The molecule has 3 heteroatoms. The monoisotopic (exact) mass is 180 g/mol. The van der Waals surface area contributed by atoms with Crippen molar-refractivity contribution in [3.63, 3.8) is 0 Å². The van der Waals surface area contributed by atoms with E-state index in [4.69, 9.17) is 5.11 Å². The average Bonchev–Trinajstić information content (AvgIpc) is 2.04. The second-order valence-electron chi connectivity index (χ2n) is 3.49. The Hall–Kier alpha value is -1.35. The second-order valence-corrected chi connectivity index (χ2v) is 3.49. The van der Waals surface area contributed by atoms with Crippen LogP contribution in [0.4, 0.5) is 5.69 Å². The van der Waals surface area contributed by atoms with Crippen molar-refractivity contribution in [1.29, 1.82) is 0 Å². The van der Waals surface area contributed by atoms with E-state index in [-0.39, 0.29) is 16.1 Å². The van der Waals surface area contributed by atoms with E-state index in [1.54, 1.807) is 31.2 Å². The number of phenols is 1. The molecule has 1 rings (SSSR count). The maximum absolute atomic E-state index is 11.3. The van der Waals surface area contributed by atoms with Crippen LogP contribution in [-0.2, 0) is 4.79 Å². The first-order valence-electron chi connectivity index (χ1n) is 4.09. The number of phenolic OH excluding ortho intramolecular Hbond substituents is 1. The molecule has 70 valence electrons. The molecule has 0 atom stereocenters. The number of hydrogen-bond acceptors (Lipinski definition) is 2. The van der Waals surface area contributed by atoms with Crippen LogP contribution in [0.3, 0.4) is 0 Å². The van der Waals surface area contributed by atoms with Crippen molar-refractivity contribution in [3.8, 4) is 5.75 Å². The van der Waals surface area contributed by atoms with E-state index in [1.165, 1.54) is 0 Å². The van der Waals surface area contributed by atoms with Crippen LogP contribution >= 0.6 is 0 Å². The maximum atomic E-state index is 11.3. The lowest BCUT2D eigenvalue weighted by atomic mass is 10.2. The van der Waals surface area contributed by atoms with E-state index in [0.717, 1.165) is 5.69 Å². The Morgan fingerprint density at radius 2 is 1.69 bits per heavy atom.